The molecule has 0 N–H and O–H groups in total. The standard InChI is InChI=1S/C29H21Cl3N2O4/c30-22-13-24(32)27(14-23(22)31)37-17-29(36)38-16-28(35)34-26(19-7-2-1-3-8-19)15-25(33-34)21-11-10-18-6-4-5-9-20(18)12-21/h1-14,26H,15-17H2. The lowest BCUT2D eigenvalue weighted by Gasteiger charge is -2.21. The lowest BCUT2D eigenvalue weighted by molar-refractivity contribution is -0.154. The fraction of sp³-hybridized carbons (Fsp3) is 0.138. The van der Waals surface area contributed by atoms with E-state index in [-0.39, 0.29) is 26.9 Å². The smallest absolute Gasteiger partial charge is 0.344 e. The van der Waals surface area contributed by atoms with E-state index in [1.54, 1.807) is 0 Å². The second kappa shape index (κ2) is 11.4. The van der Waals surface area contributed by atoms with E-state index < -0.39 is 25.1 Å². The molecular formula is C29H21Cl3N2O4. The van der Waals surface area contributed by atoms with Crippen LogP contribution >= 0.6 is 34.8 Å². The number of hydrogen-bond acceptors (Lipinski definition) is 5. The van der Waals surface area contributed by atoms with E-state index >= 15 is 0 Å². The highest BCUT2D eigenvalue weighted by Gasteiger charge is 2.33. The molecule has 9 heteroatoms. The van der Waals surface area contributed by atoms with Crippen LogP contribution in [0.5, 0.6) is 5.75 Å². The van der Waals surface area contributed by atoms with Gasteiger partial charge in [-0.2, -0.15) is 5.10 Å². The Balaban J connectivity index is 1.29. The first-order chi connectivity index (χ1) is 18.4. The molecule has 1 heterocycles. The summed E-state index contributed by atoms with van der Waals surface area (Å²) >= 11 is 18.0. The zero-order valence-electron chi connectivity index (χ0n) is 19.9. The van der Waals surface area contributed by atoms with Gasteiger partial charge in [-0.1, -0.05) is 102 Å². The number of nitrogens with zero attached hydrogens (tertiary/aromatic N) is 2. The number of rotatable bonds is 7. The summed E-state index contributed by atoms with van der Waals surface area (Å²) in [5.74, 6) is -1.01. The zero-order valence-corrected chi connectivity index (χ0v) is 22.2. The summed E-state index contributed by atoms with van der Waals surface area (Å²) in [6.45, 7) is -0.951. The topological polar surface area (TPSA) is 68.2 Å². The molecule has 0 spiro atoms. The highest BCUT2D eigenvalue weighted by molar-refractivity contribution is 6.43. The molecule has 1 aliphatic rings. The Morgan fingerprint density at radius 3 is 2.32 bits per heavy atom. The Morgan fingerprint density at radius 1 is 0.816 bits per heavy atom. The molecule has 0 saturated carbocycles. The van der Waals surface area contributed by atoms with Crippen molar-refractivity contribution in [2.75, 3.05) is 13.2 Å². The maximum atomic E-state index is 13.2. The van der Waals surface area contributed by atoms with Gasteiger partial charge in [0.1, 0.15) is 5.75 Å². The summed E-state index contributed by atoms with van der Waals surface area (Å²) in [7, 11) is 0. The van der Waals surface area contributed by atoms with Crippen molar-refractivity contribution in [3.63, 3.8) is 0 Å². The van der Waals surface area contributed by atoms with Gasteiger partial charge in [0.25, 0.3) is 5.91 Å². The molecule has 0 saturated heterocycles. The number of hydrogen-bond donors (Lipinski definition) is 0. The maximum absolute atomic E-state index is 13.2. The number of ether oxygens (including phenoxy) is 2. The molecule has 0 aromatic heterocycles. The fourth-order valence-corrected chi connectivity index (χ4v) is 4.81. The molecule has 1 unspecified atom stereocenters. The van der Waals surface area contributed by atoms with Crippen LogP contribution in [0, 0.1) is 0 Å². The van der Waals surface area contributed by atoms with Crippen molar-refractivity contribution in [2.24, 2.45) is 5.10 Å². The van der Waals surface area contributed by atoms with E-state index in [9.17, 15) is 9.59 Å². The van der Waals surface area contributed by atoms with Gasteiger partial charge in [-0.15, -0.1) is 0 Å². The first-order valence-electron chi connectivity index (χ1n) is 11.8. The number of hydrazone groups is 1. The van der Waals surface area contributed by atoms with Crippen molar-refractivity contribution >= 4 is 63.2 Å². The summed E-state index contributed by atoms with van der Waals surface area (Å²) in [6.07, 6.45) is 0.529. The van der Waals surface area contributed by atoms with E-state index in [0.29, 0.717) is 6.42 Å². The molecule has 192 valence electrons. The van der Waals surface area contributed by atoms with Crippen molar-refractivity contribution in [3.8, 4) is 5.75 Å². The van der Waals surface area contributed by atoms with Crippen molar-refractivity contribution in [1.82, 2.24) is 5.01 Å². The first kappa shape index (κ1) is 26.0. The summed E-state index contributed by atoms with van der Waals surface area (Å²) < 4.78 is 10.6. The molecule has 0 bridgehead atoms. The van der Waals surface area contributed by atoms with Crippen LogP contribution in [0.3, 0.4) is 0 Å². The van der Waals surface area contributed by atoms with Crippen molar-refractivity contribution in [2.45, 2.75) is 12.5 Å². The molecule has 0 fully saturated rings. The number of carbonyl (C=O) groups is 2. The monoisotopic (exact) mass is 566 g/mol. The SMILES string of the molecule is O=C(COc1cc(Cl)c(Cl)cc1Cl)OCC(=O)N1N=C(c2ccc3ccccc3c2)CC1c1ccccc1. The lowest BCUT2D eigenvalue weighted by atomic mass is 9.97. The van der Waals surface area contributed by atoms with Crippen molar-refractivity contribution in [3.05, 3.63) is 111 Å². The molecule has 4 aromatic carbocycles. The molecule has 6 nitrogen and oxygen atoms in total. The third kappa shape index (κ3) is 5.78. The van der Waals surface area contributed by atoms with Gasteiger partial charge < -0.3 is 9.47 Å². The minimum atomic E-state index is -0.741. The van der Waals surface area contributed by atoms with Gasteiger partial charge in [0.05, 0.1) is 26.8 Å². The minimum Gasteiger partial charge on any atom is -0.480 e. The fourth-order valence-electron chi connectivity index (χ4n) is 4.22. The minimum absolute atomic E-state index is 0.178. The second-order valence-electron chi connectivity index (χ2n) is 8.62. The highest BCUT2D eigenvalue weighted by atomic mass is 35.5. The van der Waals surface area contributed by atoms with Gasteiger partial charge in [-0.3, -0.25) is 4.79 Å². The number of benzene rings is 4. The Labute approximate surface area is 234 Å². The van der Waals surface area contributed by atoms with Gasteiger partial charge in [-0.05, 0) is 34.0 Å². The molecule has 0 radical (unpaired) electrons. The predicted molar refractivity (Wildman–Crippen MR) is 149 cm³/mol. The lowest BCUT2D eigenvalue weighted by Crippen LogP contribution is -2.32. The van der Waals surface area contributed by atoms with E-state index in [0.717, 1.165) is 27.6 Å². The number of esters is 1. The third-order valence-corrected chi connectivity index (χ3v) is 7.13. The molecule has 4 aromatic rings. The highest BCUT2D eigenvalue weighted by Crippen LogP contribution is 2.35. The summed E-state index contributed by atoms with van der Waals surface area (Å²) in [5.41, 5.74) is 2.65. The van der Waals surface area contributed by atoms with E-state index in [2.05, 4.69) is 11.2 Å². The average Bonchev–Trinajstić information content (AvgIpc) is 3.39. The molecule has 1 amide bonds. The quantitative estimate of drug-likeness (QED) is 0.176. The number of amides is 1. The van der Waals surface area contributed by atoms with Gasteiger partial charge in [0.15, 0.2) is 13.2 Å². The van der Waals surface area contributed by atoms with E-state index in [4.69, 9.17) is 44.3 Å². The summed E-state index contributed by atoms with van der Waals surface area (Å²) in [4.78, 5) is 25.5. The second-order valence-corrected chi connectivity index (χ2v) is 9.85. The average molecular weight is 568 g/mol. The van der Waals surface area contributed by atoms with Gasteiger partial charge >= 0.3 is 5.97 Å². The van der Waals surface area contributed by atoms with Gasteiger partial charge in [-0.25, -0.2) is 9.80 Å². The zero-order chi connectivity index (χ0) is 26.6. The van der Waals surface area contributed by atoms with Crippen molar-refractivity contribution in [1.29, 1.82) is 0 Å². The largest absolute Gasteiger partial charge is 0.480 e. The summed E-state index contributed by atoms with van der Waals surface area (Å²) in [6, 6.07) is 26.3. The molecule has 1 aliphatic heterocycles. The van der Waals surface area contributed by atoms with Crippen LogP contribution in [0.4, 0.5) is 0 Å². The third-order valence-electron chi connectivity index (χ3n) is 6.11. The van der Waals surface area contributed by atoms with Crippen LogP contribution in [0.1, 0.15) is 23.6 Å². The molecular weight excluding hydrogens is 547 g/mol. The normalized spacial score (nSPS) is 14.9. The molecule has 0 aliphatic carbocycles. The van der Waals surface area contributed by atoms with E-state index in [1.807, 2.05) is 66.7 Å². The van der Waals surface area contributed by atoms with Crippen LogP contribution in [-0.2, 0) is 14.3 Å². The molecule has 1 atom stereocenters. The number of carbonyl (C=O) groups excluding carboxylic acids is 2. The van der Waals surface area contributed by atoms with Crippen molar-refractivity contribution < 1.29 is 19.1 Å². The molecule has 5 rings (SSSR count). The van der Waals surface area contributed by atoms with Crippen LogP contribution in [0.15, 0.2) is 90.0 Å². The van der Waals surface area contributed by atoms with Crippen LogP contribution in [0.2, 0.25) is 15.1 Å². The van der Waals surface area contributed by atoms with Crippen LogP contribution < -0.4 is 4.74 Å². The number of fused-ring (bicyclic) bond motifs is 1. The Morgan fingerprint density at radius 2 is 1.53 bits per heavy atom. The Hall–Kier alpha value is -3.58. The Kier molecular flexibility index (Phi) is 7.84. The summed E-state index contributed by atoms with van der Waals surface area (Å²) in [5, 5.41) is 8.95. The Bertz CT molecular complexity index is 1540. The first-order valence-corrected chi connectivity index (χ1v) is 12.9. The maximum Gasteiger partial charge on any atom is 0.344 e. The van der Waals surface area contributed by atoms with E-state index in [1.165, 1.54) is 17.1 Å². The van der Waals surface area contributed by atoms with Gasteiger partial charge in [0, 0.05) is 12.5 Å². The predicted octanol–water partition coefficient (Wildman–Crippen LogP) is 7.10. The molecule has 38 heavy (non-hydrogen) atoms. The van der Waals surface area contributed by atoms with Crippen LogP contribution in [-0.4, -0.2) is 35.8 Å². The van der Waals surface area contributed by atoms with Gasteiger partial charge in [0.2, 0.25) is 0 Å². The number of halogens is 3. The van der Waals surface area contributed by atoms with Crippen LogP contribution in [0.25, 0.3) is 10.8 Å².